The fourth-order valence-electron chi connectivity index (χ4n) is 1.98. The fraction of sp³-hybridized carbons (Fsp3) is 0.235. The van der Waals surface area contributed by atoms with Crippen LogP contribution in [0.1, 0.15) is 34.7 Å². The Hall–Kier alpha value is -2.89. The normalized spacial score (nSPS) is 11.6. The van der Waals surface area contributed by atoms with E-state index in [-0.39, 0.29) is 5.78 Å². The number of nitrogens with zero attached hydrogens (tertiary/aromatic N) is 1. The summed E-state index contributed by atoms with van der Waals surface area (Å²) in [5, 5.41) is 2.64. The Labute approximate surface area is 134 Å². The zero-order valence-electron chi connectivity index (χ0n) is 13.2. The van der Waals surface area contributed by atoms with Crippen molar-refractivity contribution in [2.45, 2.75) is 20.0 Å². The molecule has 1 amide bonds. The monoisotopic (exact) mass is 314 g/mol. The summed E-state index contributed by atoms with van der Waals surface area (Å²) in [6, 6.07) is 9.84. The molecule has 0 fully saturated rings. The Balaban J connectivity index is 1.96. The summed E-state index contributed by atoms with van der Waals surface area (Å²) in [6.07, 6.45) is 0.780. The third kappa shape index (κ3) is 4.06. The lowest BCUT2D eigenvalue weighted by Crippen LogP contribution is -2.30. The smallest absolute Gasteiger partial charge is 0.355 e. The molecule has 1 heterocycles. The van der Waals surface area contributed by atoms with Gasteiger partial charge in [0.25, 0.3) is 5.91 Å². The molecule has 0 spiro atoms. The van der Waals surface area contributed by atoms with Gasteiger partial charge >= 0.3 is 5.97 Å². The zero-order chi connectivity index (χ0) is 17.0. The predicted molar refractivity (Wildman–Crippen MR) is 85.4 cm³/mol. The molecule has 6 heteroatoms. The van der Waals surface area contributed by atoms with Crippen molar-refractivity contribution in [3.63, 3.8) is 0 Å². The topological polar surface area (TPSA) is 77.4 Å². The lowest BCUT2D eigenvalue weighted by Gasteiger charge is -2.14. The summed E-state index contributed by atoms with van der Waals surface area (Å²) in [7, 11) is 1.72. The van der Waals surface area contributed by atoms with E-state index in [4.69, 9.17) is 4.74 Å². The van der Waals surface area contributed by atoms with Crippen molar-refractivity contribution in [2.24, 2.45) is 7.05 Å². The molecule has 0 saturated heterocycles. The van der Waals surface area contributed by atoms with Crippen molar-refractivity contribution >= 4 is 23.3 Å². The summed E-state index contributed by atoms with van der Waals surface area (Å²) in [6.45, 7) is 2.97. The number of ether oxygens (including phenoxy) is 1. The number of esters is 1. The molecule has 120 valence electrons. The van der Waals surface area contributed by atoms with Crippen LogP contribution >= 0.6 is 0 Å². The molecule has 2 rings (SSSR count). The highest BCUT2D eigenvalue weighted by molar-refractivity contribution is 5.98. The Bertz CT molecular complexity index is 731. The second kappa shape index (κ2) is 6.91. The zero-order valence-corrected chi connectivity index (χ0v) is 13.2. The minimum Gasteiger partial charge on any atom is -0.448 e. The van der Waals surface area contributed by atoms with Crippen molar-refractivity contribution < 1.29 is 19.1 Å². The SMILES string of the molecule is CC(=O)c1ccc(NC(=O)[C@H](C)OC(=O)c2cccn2C)cc1. The maximum atomic E-state index is 12.1. The number of rotatable bonds is 5. The van der Waals surface area contributed by atoms with E-state index < -0.39 is 18.0 Å². The summed E-state index contributed by atoms with van der Waals surface area (Å²) in [5.74, 6) is -1.05. The average molecular weight is 314 g/mol. The van der Waals surface area contributed by atoms with Gasteiger partial charge in [-0.1, -0.05) is 0 Å². The Morgan fingerprint density at radius 1 is 1.13 bits per heavy atom. The molecule has 2 aromatic rings. The van der Waals surface area contributed by atoms with E-state index in [1.54, 1.807) is 54.2 Å². The number of hydrogen-bond acceptors (Lipinski definition) is 4. The highest BCUT2D eigenvalue weighted by Crippen LogP contribution is 2.12. The molecule has 1 atom stereocenters. The number of nitrogens with one attached hydrogen (secondary N) is 1. The van der Waals surface area contributed by atoms with Crippen molar-refractivity contribution in [3.05, 3.63) is 53.9 Å². The van der Waals surface area contributed by atoms with Gasteiger partial charge in [-0.2, -0.15) is 0 Å². The first-order chi connectivity index (χ1) is 10.9. The van der Waals surface area contributed by atoms with Gasteiger partial charge in [-0.25, -0.2) is 4.79 Å². The summed E-state index contributed by atoms with van der Waals surface area (Å²) in [5.41, 5.74) is 1.46. The summed E-state index contributed by atoms with van der Waals surface area (Å²) < 4.78 is 6.76. The van der Waals surface area contributed by atoms with Crippen LogP contribution in [-0.4, -0.2) is 28.3 Å². The Morgan fingerprint density at radius 2 is 1.78 bits per heavy atom. The molecule has 0 unspecified atom stereocenters. The summed E-state index contributed by atoms with van der Waals surface area (Å²) in [4.78, 5) is 35.2. The van der Waals surface area contributed by atoms with Crippen LogP contribution < -0.4 is 5.32 Å². The number of amides is 1. The van der Waals surface area contributed by atoms with Gasteiger partial charge in [-0.15, -0.1) is 0 Å². The molecular weight excluding hydrogens is 296 g/mol. The van der Waals surface area contributed by atoms with Gasteiger partial charge in [-0.3, -0.25) is 9.59 Å². The molecule has 1 aromatic heterocycles. The molecule has 6 nitrogen and oxygen atoms in total. The molecule has 0 saturated carbocycles. The van der Waals surface area contributed by atoms with Crippen molar-refractivity contribution in [3.8, 4) is 0 Å². The lowest BCUT2D eigenvalue weighted by atomic mass is 10.1. The van der Waals surface area contributed by atoms with Crippen LogP contribution in [0.3, 0.4) is 0 Å². The van der Waals surface area contributed by atoms with Crippen molar-refractivity contribution in [1.29, 1.82) is 0 Å². The number of Topliss-reactive ketones (excluding diaryl/α,β-unsaturated/α-hetero) is 1. The van der Waals surface area contributed by atoms with Crippen LogP contribution in [-0.2, 0) is 16.6 Å². The minimum atomic E-state index is -0.940. The van der Waals surface area contributed by atoms with E-state index in [2.05, 4.69) is 5.32 Å². The van der Waals surface area contributed by atoms with Crippen LogP contribution in [0.25, 0.3) is 0 Å². The first kappa shape index (κ1) is 16.5. The number of ketones is 1. The van der Waals surface area contributed by atoms with E-state index in [0.29, 0.717) is 16.9 Å². The molecule has 0 aliphatic carbocycles. The number of aryl methyl sites for hydroxylation is 1. The highest BCUT2D eigenvalue weighted by atomic mass is 16.5. The first-order valence-corrected chi connectivity index (χ1v) is 7.12. The van der Waals surface area contributed by atoms with Crippen LogP contribution in [0.5, 0.6) is 0 Å². The number of benzene rings is 1. The van der Waals surface area contributed by atoms with E-state index in [1.165, 1.54) is 13.8 Å². The maximum absolute atomic E-state index is 12.1. The van der Waals surface area contributed by atoms with Crippen LogP contribution in [0.15, 0.2) is 42.6 Å². The molecule has 0 bridgehead atoms. The lowest BCUT2D eigenvalue weighted by molar-refractivity contribution is -0.123. The van der Waals surface area contributed by atoms with Gasteiger partial charge in [0.2, 0.25) is 0 Å². The van der Waals surface area contributed by atoms with Gasteiger partial charge in [0.1, 0.15) is 5.69 Å². The number of anilines is 1. The van der Waals surface area contributed by atoms with Gasteiger partial charge in [0, 0.05) is 24.5 Å². The third-order valence-corrected chi connectivity index (χ3v) is 3.36. The number of carbonyl (C=O) groups is 3. The summed E-state index contributed by atoms with van der Waals surface area (Å²) >= 11 is 0. The Morgan fingerprint density at radius 3 is 2.30 bits per heavy atom. The first-order valence-electron chi connectivity index (χ1n) is 7.12. The van der Waals surface area contributed by atoms with Gasteiger partial charge in [0.05, 0.1) is 0 Å². The van der Waals surface area contributed by atoms with Crippen LogP contribution in [0.4, 0.5) is 5.69 Å². The molecule has 0 aliphatic heterocycles. The second-order valence-electron chi connectivity index (χ2n) is 5.17. The number of aromatic nitrogens is 1. The fourth-order valence-corrected chi connectivity index (χ4v) is 1.98. The quantitative estimate of drug-likeness (QED) is 0.679. The largest absolute Gasteiger partial charge is 0.448 e. The highest BCUT2D eigenvalue weighted by Gasteiger charge is 2.20. The van der Waals surface area contributed by atoms with Crippen LogP contribution in [0.2, 0.25) is 0 Å². The number of hydrogen-bond donors (Lipinski definition) is 1. The maximum Gasteiger partial charge on any atom is 0.355 e. The molecule has 1 aromatic carbocycles. The van der Waals surface area contributed by atoms with E-state index in [1.807, 2.05) is 0 Å². The molecule has 1 N–H and O–H groups in total. The van der Waals surface area contributed by atoms with Crippen molar-refractivity contribution in [2.75, 3.05) is 5.32 Å². The average Bonchev–Trinajstić information content (AvgIpc) is 2.93. The standard InChI is InChI=1S/C17H18N2O4/c1-11(20)13-6-8-14(9-7-13)18-16(21)12(2)23-17(22)15-5-4-10-19(15)3/h4-10,12H,1-3H3,(H,18,21)/t12-/m0/s1. The van der Waals surface area contributed by atoms with Gasteiger partial charge < -0.3 is 14.6 Å². The van der Waals surface area contributed by atoms with E-state index in [0.717, 1.165) is 0 Å². The number of carbonyl (C=O) groups excluding carboxylic acids is 3. The second-order valence-corrected chi connectivity index (χ2v) is 5.17. The van der Waals surface area contributed by atoms with E-state index in [9.17, 15) is 14.4 Å². The molecule has 0 radical (unpaired) electrons. The Kier molecular flexibility index (Phi) is 4.95. The minimum absolute atomic E-state index is 0.0484. The third-order valence-electron chi connectivity index (χ3n) is 3.36. The van der Waals surface area contributed by atoms with Crippen LogP contribution in [0, 0.1) is 0 Å². The van der Waals surface area contributed by atoms with E-state index >= 15 is 0 Å². The molecule has 0 aliphatic rings. The van der Waals surface area contributed by atoms with Crippen molar-refractivity contribution in [1.82, 2.24) is 4.57 Å². The van der Waals surface area contributed by atoms with Gasteiger partial charge in [-0.05, 0) is 50.2 Å². The molecular formula is C17H18N2O4. The van der Waals surface area contributed by atoms with Gasteiger partial charge in [0.15, 0.2) is 11.9 Å². The predicted octanol–water partition coefficient (Wildman–Crippen LogP) is 2.41. The molecule has 23 heavy (non-hydrogen) atoms.